The van der Waals surface area contributed by atoms with Crippen LogP contribution in [0.15, 0.2) is 48.5 Å². The molecule has 0 saturated carbocycles. The van der Waals surface area contributed by atoms with Gasteiger partial charge in [-0.05, 0) is 29.8 Å². The lowest BCUT2D eigenvalue weighted by Crippen LogP contribution is -2.23. The fourth-order valence-electron chi connectivity index (χ4n) is 2.52. The van der Waals surface area contributed by atoms with Crippen LogP contribution in [0.1, 0.15) is 33.9 Å². The third-order valence-corrected chi connectivity index (χ3v) is 3.56. The number of alkyl halides is 3. The number of rotatable bonds is 1. The van der Waals surface area contributed by atoms with E-state index in [4.69, 9.17) is 0 Å². The van der Waals surface area contributed by atoms with Crippen LogP contribution >= 0.6 is 0 Å². The van der Waals surface area contributed by atoms with Crippen molar-refractivity contribution in [2.24, 2.45) is 0 Å². The maximum absolute atomic E-state index is 12.8. The molecule has 108 valence electrons. The Hall–Kier alpha value is -2.30. The minimum atomic E-state index is -4.38. The van der Waals surface area contributed by atoms with Gasteiger partial charge in [0.25, 0.3) is 0 Å². The Morgan fingerprint density at radius 1 is 1.05 bits per heavy atom. The van der Waals surface area contributed by atoms with Gasteiger partial charge in [0.15, 0.2) is 5.78 Å². The summed E-state index contributed by atoms with van der Waals surface area (Å²) in [5, 5.41) is 3.13. The van der Waals surface area contributed by atoms with Gasteiger partial charge in [-0.3, -0.25) is 4.79 Å². The van der Waals surface area contributed by atoms with Crippen molar-refractivity contribution in [2.45, 2.75) is 18.6 Å². The van der Waals surface area contributed by atoms with Crippen LogP contribution in [0.2, 0.25) is 0 Å². The first-order chi connectivity index (χ1) is 9.95. The van der Waals surface area contributed by atoms with E-state index in [1.807, 2.05) is 0 Å². The number of hydrogen-bond acceptors (Lipinski definition) is 2. The molecule has 1 aliphatic rings. The van der Waals surface area contributed by atoms with Crippen molar-refractivity contribution < 1.29 is 18.0 Å². The normalized spacial score (nSPS) is 18.0. The van der Waals surface area contributed by atoms with Gasteiger partial charge in [-0.15, -0.1) is 0 Å². The van der Waals surface area contributed by atoms with Gasteiger partial charge in [-0.25, -0.2) is 0 Å². The molecule has 1 atom stereocenters. The Bertz CT molecular complexity index is 694. The molecule has 21 heavy (non-hydrogen) atoms. The van der Waals surface area contributed by atoms with Gasteiger partial charge in [0, 0.05) is 17.7 Å². The van der Waals surface area contributed by atoms with Crippen LogP contribution in [0.3, 0.4) is 0 Å². The standard InChI is InChI=1S/C16H12F3NO/c17-16(18,19)11-5-3-4-10(8-11)14-9-15(21)12-6-1-2-7-13(12)20-14/h1-8,14,20H,9H2. The van der Waals surface area contributed by atoms with Crippen LogP contribution in [-0.4, -0.2) is 5.78 Å². The van der Waals surface area contributed by atoms with Gasteiger partial charge >= 0.3 is 6.18 Å². The second-order valence-electron chi connectivity index (χ2n) is 4.99. The van der Waals surface area contributed by atoms with Crippen LogP contribution in [0, 0.1) is 0 Å². The summed E-state index contributed by atoms with van der Waals surface area (Å²) < 4.78 is 38.3. The molecule has 0 amide bonds. The van der Waals surface area contributed by atoms with Crippen LogP contribution in [0.25, 0.3) is 0 Å². The number of para-hydroxylation sites is 1. The van der Waals surface area contributed by atoms with Gasteiger partial charge in [0.1, 0.15) is 0 Å². The number of hydrogen-bond donors (Lipinski definition) is 1. The third-order valence-electron chi connectivity index (χ3n) is 3.56. The summed E-state index contributed by atoms with van der Waals surface area (Å²) in [6.07, 6.45) is -4.23. The van der Waals surface area contributed by atoms with Crippen LogP contribution in [0.4, 0.5) is 18.9 Å². The minimum absolute atomic E-state index is 0.0632. The predicted octanol–water partition coefficient (Wildman–Crippen LogP) is 4.45. The lowest BCUT2D eigenvalue weighted by molar-refractivity contribution is -0.137. The lowest BCUT2D eigenvalue weighted by Gasteiger charge is -2.26. The highest BCUT2D eigenvalue weighted by Crippen LogP contribution is 2.35. The third kappa shape index (κ3) is 2.63. The van der Waals surface area contributed by atoms with Crippen molar-refractivity contribution in [3.63, 3.8) is 0 Å². The fraction of sp³-hybridized carbons (Fsp3) is 0.188. The molecule has 2 aromatic rings. The molecular weight excluding hydrogens is 279 g/mol. The first-order valence-electron chi connectivity index (χ1n) is 6.51. The minimum Gasteiger partial charge on any atom is -0.377 e. The SMILES string of the molecule is O=C1CC(c2cccc(C(F)(F)F)c2)Nc2ccccc21. The zero-order chi connectivity index (χ0) is 15.0. The molecule has 0 spiro atoms. The Morgan fingerprint density at radius 2 is 1.81 bits per heavy atom. The van der Waals surface area contributed by atoms with Crippen molar-refractivity contribution in [1.29, 1.82) is 0 Å². The van der Waals surface area contributed by atoms with Crippen molar-refractivity contribution in [3.05, 3.63) is 65.2 Å². The van der Waals surface area contributed by atoms with E-state index in [0.717, 1.165) is 12.1 Å². The van der Waals surface area contributed by atoms with Gasteiger partial charge in [-0.1, -0.05) is 24.3 Å². The van der Waals surface area contributed by atoms with E-state index in [1.165, 1.54) is 6.07 Å². The van der Waals surface area contributed by atoms with Crippen molar-refractivity contribution in [2.75, 3.05) is 5.32 Å². The molecule has 0 saturated heterocycles. The molecule has 5 heteroatoms. The molecule has 1 N–H and O–H groups in total. The number of halogens is 3. The molecule has 0 aromatic heterocycles. The second-order valence-corrected chi connectivity index (χ2v) is 4.99. The number of ketones is 1. The molecule has 1 aliphatic heterocycles. The number of anilines is 1. The van der Waals surface area contributed by atoms with Crippen LogP contribution < -0.4 is 5.32 Å². The summed E-state index contributed by atoms with van der Waals surface area (Å²) in [6, 6.07) is 11.7. The summed E-state index contributed by atoms with van der Waals surface area (Å²) in [6.45, 7) is 0. The summed E-state index contributed by atoms with van der Waals surface area (Å²) in [5.74, 6) is -0.0632. The summed E-state index contributed by atoms with van der Waals surface area (Å²) in [5.41, 5.74) is 1.01. The molecule has 1 unspecified atom stereocenters. The van der Waals surface area contributed by atoms with Crippen LogP contribution in [-0.2, 0) is 6.18 Å². The number of carbonyl (C=O) groups excluding carboxylic acids is 1. The van der Waals surface area contributed by atoms with Gasteiger partial charge in [-0.2, -0.15) is 13.2 Å². The first kappa shape index (κ1) is 13.7. The van der Waals surface area contributed by atoms with E-state index in [2.05, 4.69) is 5.32 Å². The number of Topliss-reactive ketones (excluding diaryl/α,β-unsaturated/α-hetero) is 1. The van der Waals surface area contributed by atoms with E-state index >= 15 is 0 Å². The van der Waals surface area contributed by atoms with Crippen molar-refractivity contribution in [1.82, 2.24) is 0 Å². The van der Waals surface area contributed by atoms with E-state index in [1.54, 1.807) is 30.3 Å². The molecule has 0 fully saturated rings. The average molecular weight is 291 g/mol. The molecule has 2 nitrogen and oxygen atoms in total. The predicted molar refractivity (Wildman–Crippen MR) is 73.2 cm³/mol. The summed E-state index contributed by atoms with van der Waals surface area (Å²) in [7, 11) is 0. The number of carbonyl (C=O) groups is 1. The highest BCUT2D eigenvalue weighted by molar-refractivity contribution is 6.03. The van der Waals surface area contributed by atoms with Gasteiger partial charge in [0.05, 0.1) is 11.6 Å². The first-order valence-corrected chi connectivity index (χ1v) is 6.51. The monoisotopic (exact) mass is 291 g/mol. The largest absolute Gasteiger partial charge is 0.416 e. The quantitative estimate of drug-likeness (QED) is 0.841. The molecule has 3 rings (SSSR count). The van der Waals surface area contributed by atoms with Crippen molar-refractivity contribution in [3.8, 4) is 0 Å². The van der Waals surface area contributed by atoms with Crippen LogP contribution in [0.5, 0.6) is 0 Å². The van der Waals surface area contributed by atoms with E-state index < -0.39 is 17.8 Å². The fourth-order valence-corrected chi connectivity index (χ4v) is 2.52. The lowest BCUT2D eigenvalue weighted by atomic mass is 9.92. The summed E-state index contributed by atoms with van der Waals surface area (Å²) >= 11 is 0. The maximum atomic E-state index is 12.8. The highest BCUT2D eigenvalue weighted by Gasteiger charge is 2.32. The average Bonchev–Trinajstić information content (AvgIpc) is 2.46. The van der Waals surface area contributed by atoms with E-state index in [-0.39, 0.29) is 12.2 Å². The van der Waals surface area contributed by atoms with E-state index in [0.29, 0.717) is 16.8 Å². The Morgan fingerprint density at radius 3 is 2.57 bits per heavy atom. The number of fused-ring (bicyclic) bond motifs is 1. The molecular formula is C16H12F3NO. The number of benzene rings is 2. The topological polar surface area (TPSA) is 29.1 Å². The smallest absolute Gasteiger partial charge is 0.377 e. The van der Waals surface area contributed by atoms with Gasteiger partial charge in [0.2, 0.25) is 0 Å². The highest BCUT2D eigenvalue weighted by atomic mass is 19.4. The maximum Gasteiger partial charge on any atom is 0.416 e. The molecule has 0 aliphatic carbocycles. The van der Waals surface area contributed by atoms with Gasteiger partial charge < -0.3 is 5.32 Å². The van der Waals surface area contributed by atoms with Crippen molar-refractivity contribution >= 4 is 11.5 Å². The molecule has 0 radical (unpaired) electrons. The van der Waals surface area contributed by atoms with E-state index in [9.17, 15) is 18.0 Å². The molecule has 1 heterocycles. The second kappa shape index (κ2) is 4.91. The molecule has 0 bridgehead atoms. The Balaban J connectivity index is 1.95. The zero-order valence-corrected chi connectivity index (χ0v) is 10.9. The summed E-state index contributed by atoms with van der Waals surface area (Å²) in [4.78, 5) is 12.1. The Labute approximate surface area is 119 Å². The molecule has 2 aromatic carbocycles. The number of nitrogens with one attached hydrogen (secondary N) is 1. The zero-order valence-electron chi connectivity index (χ0n) is 10.9. The Kier molecular flexibility index (Phi) is 3.20.